The van der Waals surface area contributed by atoms with Crippen molar-refractivity contribution in [1.29, 1.82) is 0 Å². The minimum absolute atomic E-state index is 0.164. The second kappa shape index (κ2) is 9.20. The van der Waals surface area contributed by atoms with E-state index in [9.17, 15) is 10.2 Å². The molecule has 0 saturated heterocycles. The summed E-state index contributed by atoms with van der Waals surface area (Å²) in [5.41, 5.74) is 13.1. The van der Waals surface area contributed by atoms with Gasteiger partial charge in [0.1, 0.15) is 34.5 Å². The van der Waals surface area contributed by atoms with Gasteiger partial charge in [-0.25, -0.2) is 0 Å². The molecule has 0 aliphatic rings. The molecule has 4 aromatic carbocycles. The normalized spacial score (nSPS) is 10.0. The molecule has 172 valence electrons. The van der Waals surface area contributed by atoms with Crippen LogP contribution in [0, 0.1) is 49.4 Å². The van der Waals surface area contributed by atoms with Crippen molar-refractivity contribution in [2.45, 2.75) is 0 Å². The molecule has 0 bridgehead atoms. The van der Waals surface area contributed by atoms with E-state index in [1.807, 2.05) is 0 Å². The quantitative estimate of drug-likeness (QED) is 0.191. The van der Waals surface area contributed by atoms with E-state index < -0.39 is 0 Å². The highest BCUT2D eigenvalue weighted by Gasteiger charge is 2.22. The number of nitrogen functional groups attached to an aromatic ring is 2. The number of rotatable bonds is 4. The number of fused-ring (bicyclic) bond motifs is 1. The molecule has 0 amide bonds. The van der Waals surface area contributed by atoms with Crippen molar-refractivity contribution in [2.24, 2.45) is 0 Å². The second-order valence-electron chi connectivity index (χ2n) is 7.57. The minimum Gasteiger partial charge on any atom is -0.506 e. The van der Waals surface area contributed by atoms with E-state index >= 15 is 0 Å². The third kappa shape index (κ3) is 4.00. The summed E-state index contributed by atoms with van der Waals surface area (Å²) in [5, 5.41) is 20.8. The van der Waals surface area contributed by atoms with Gasteiger partial charge in [-0.05, 0) is 36.4 Å². The van der Waals surface area contributed by atoms with Crippen molar-refractivity contribution in [1.82, 2.24) is 0 Å². The molecule has 0 saturated carbocycles. The number of phenolic OH excluding ortho intramolecular Hbond substituents is 2. The lowest BCUT2D eigenvalue weighted by atomic mass is 9.92. The van der Waals surface area contributed by atoms with E-state index in [0.717, 1.165) is 0 Å². The van der Waals surface area contributed by atoms with Gasteiger partial charge in [0.2, 0.25) is 0 Å². The van der Waals surface area contributed by atoms with Crippen LogP contribution in [-0.4, -0.2) is 10.2 Å². The number of ether oxygens (including phenoxy) is 2. The van der Waals surface area contributed by atoms with Crippen LogP contribution in [-0.2, 0) is 0 Å². The Balaban J connectivity index is 2.08. The van der Waals surface area contributed by atoms with Crippen molar-refractivity contribution in [3.8, 4) is 83.9 Å². The highest BCUT2D eigenvalue weighted by Crippen LogP contribution is 2.44. The number of anilines is 2. The minimum atomic E-state index is -0.164. The van der Waals surface area contributed by atoms with Crippen molar-refractivity contribution >= 4 is 22.1 Å². The van der Waals surface area contributed by atoms with E-state index in [1.54, 1.807) is 24.3 Å². The molecule has 0 aliphatic heterocycles. The Labute approximate surface area is 208 Å². The first-order valence-electron chi connectivity index (χ1n) is 10.4. The SMILES string of the molecule is C#Cc1cc(Oc2ccc(N)c(O)c2)c2c(C#C)c(C#C)cc(Oc3ccc(N)c(O)c3)c2c1C#C. The Bertz CT molecular complexity index is 1600. The monoisotopic (exact) mass is 470 g/mol. The summed E-state index contributed by atoms with van der Waals surface area (Å²) in [6.07, 6.45) is 23.3. The third-order valence-electron chi connectivity index (χ3n) is 5.39. The van der Waals surface area contributed by atoms with Crippen molar-refractivity contribution in [2.75, 3.05) is 11.5 Å². The topological polar surface area (TPSA) is 111 Å². The van der Waals surface area contributed by atoms with E-state index in [0.29, 0.717) is 33.0 Å². The van der Waals surface area contributed by atoms with Gasteiger partial charge in [-0.1, -0.05) is 23.7 Å². The molecule has 36 heavy (non-hydrogen) atoms. The summed E-state index contributed by atoms with van der Waals surface area (Å²) in [6, 6.07) is 11.9. The molecule has 6 nitrogen and oxygen atoms in total. The fourth-order valence-corrected chi connectivity index (χ4v) is 3.68. The first kappa shape index (κ1) is 23.3. The number of hydrogen-bond acceptors (Lipinski definition) is 6. The van der Waals surface area contributed by atoms with Crippen LogP contribution in [0.25, 0.3) is 10.8 Å². The van der Waals surface area contributed by atoms with Gasteiger partial charge < -0.3 is 31.2 Å². The van der Waals surface area contributed by atoms with Crippen molar-refractivity contribution in [3.05, 3.63) is 70.8 Å². The maximum Gasteiger partial charge on any atom is 0.142 e. The molecule has 4 aromatic rings. The predicted molar refractivity (Wildman–Crippen MR) is 141 cm³/mol. The molecule has 0 aliphatic carbocycles. The number of aromatic hydroxyl groups is 2. The Morgan fingerprint density at radius 1 is 0.583 bits per heavy atom. The third-order valence-corrected chi connectivity index (χ3v) is 5.39. The second-order valence-corrected chi connectivity index (χ2v) is 7.57. The first-order valence-corrected chi connectivity index (χ1v) is 10.4. The average molecular weight is 470 g/mol. The molecule has 0 fully saturated rings. The molecule has 0 atom stereocenters. The molecule has 0 aromatic heterocycles. The number of hydrogen-bond donors (Lipinski definition) is 4. The number of terminal acetylenes is 4. The number of nitrogens with two attached hydrogens (primary N) is 2. The van der Waals surface area contributed by atoms with E-state index in [4.69, 9.17) is 46.6 Å². The summed E-state index contributed by atoms with van der Waals surface area (Å²) in [4.78, 5) is 0. The largest absolute Gasteiger partial charge is 0.506 e. The Morgan fingerprint density at radius 3 is 1.28 bits per heavy atom. The van der Waals surface area contributed by atoms with Crippen LogP contribution < -0.4 is 20.9 Å². The molecule has 6 N–H and O–H groups in total. The summed E-state index contributed by atoms with van der Waals surface area (Å²) >= 11 is 0. The number of benzene rings is 4. The van der Waals surface area contributed by atoms with Gasteiger partial charge in [-0.2, -0.15) is 0 Å². The van der Waals surface area contributed by atoms with Crippen LogP contribution in [0.5, 0.6) is 34.5 Å². The van der Waals surface area contributed by atoms with Gasteiger partial charge in [-0.15, -0.1) is 25.7 Å². The van der Waals surface area contributed by atoms with Gasteiger partial charge in [0.25, 0.3) is 0 Å². The van der Waals surface area contributed by atoms with Crippen LogP contribution in [0.2, 0.25) is 0 Å². The summed E-state index contributed by atoms with van der Waals surface area (Å²) in [6.45, 7) is 0. The van der Waals surface area contributed by atoms with Gasteiger partial charge in [0.15, 0.2) is 0 Å². The molecule has 0 unspecified atom stereocenters. The maximum absolute atomic E-state index is 10.0. The fraction of sp³-hybridized carbons (Fsp3) is 0. The Hall–Kier alpha value is -5.82. The Kier molecular flexibility index (Phi) is 5.97. The summed E-state index contributed by atoms with van der Waals surface area (Å²) < 4.78 is 12.2. The lowest BCUT2D eigenvalue weighted by Crippen LogP contribution is -2.00. The molecule has 0 heterocycles. The van der Waals surface area contributed by atoms with E-state index in [2.05, 4.69) is 23.7 Å². The zero-order chi connectivity index (χ0) is 26.0. The zero-order valence-corrected chi connectivity index (χ0v) is 18.8. The molecule has 0 radical (unpaired) electrons. The highest BCUT2D eigenvalue weighted by molar-refractivity contribution is 6.04. The van der Waals surface area contributed by atoms with Gasteiger partial charge in [0.05, 0.1) is 22.5 Å². The Morgan fingerprint density at radius 2 is 0.972 bits per heavy atom. The zero-order valence-electron chi connectivity index (χ0n) is 18.8. The molecular weight excluding hydrogens is 452 g/mol. The average Bonchev–Trinajstić information content (AvgIpc) is 2.87. The van der Waals surface area contributed by atoms with E-state index in [1.165, 1.54) is 24.3 Å². The van der Waals surface area contributed by atoms with Gasteiger partial charge >= 0.3 is 0 Å². The predicted octanol–water partition coefficient (Wildman–Crippen LogP) is 4.93. The van der Waals surface area contributed by atoms with Crippen LogP contribution in [0.4, 0.5) is 11.4 Å². The number of phenols is 2. The molecule has 4 rings (SSSR count). The van der Waals surface area contributed by atoms with Crippen LogP contribution in [0.3, 0.4) is 0 Å². The first-order chi connectivity index (χ1) is 17.3. The summed E-state index contributed by atoms with van der Waals surface area (Å²) in [7, 11) is 0. The lowest BCUT2D eigenvalue weighted by molar-refractivity contribution is 0.456. The van der Waals surface area contributed by atoms with Crippen LogP contribution in [0.1, 0.15) is 22.3 Å². The standard InChI is InChI=1S/C30H18N2O4/c1-5-17-13-27(35-19-9-11-23(31)25(33)15-19)30-22(8-4)18(6-2)14-28(29(30)21(17)7-3)36-20-10-12-24(32)26(34)16-20/h1-4,9-16,33-34H,31-32H2. The van der Waals surface area contributed by atoms with Gasteiger partial charge in [0, 0.05) is 34.0 Å². The highest BCUT2D eigenvalue weighted by atomic mass is 16.5. The summed E-state index contributed by atoms with van der Waals surface area (Å²) in [5.74, 6) is 11.0. The maximum atomic E-state index is 10.0. The smallest absolute Gasteiger partial charge is 0.142 e. The molecule has 6 heteroatoms. The van der Waals surface area contributed by atoms with Crippen LogP contribution in [0.15, 0.2) is 48.5 Å². The van der Waals surface area contributed by atoms with Gasteiger partial charge in [-0.3, -0.25) is 0 Å². The van der Waals surface area contributed by atoms with Crippen molar-refractivity contribution < 1.29 is 19.7 Å². The van der Waals surface area contributed by atoms with Crippen LogP contribution >= 0.6 is 0 Å². The molecule has 0 spiro atoms. The fourth-order valence-electron chi connectivity index (χ4n) is 3.68. The van der Waals surface area contributed by atoms with Crippen molar-refractivity contribution in [3.63, 3.8) is 0 Å². The van der Waals surface area contributed by atoms with E-state index in [-0.39, 0.29) is 45.9 Å². The lowest BCUT2D eigenvalue weighted by Gasteiger charge is -2.18. The molecular formula is C30H18N2O4.